The van der Waals surface area contributed by atoms with Crippen molar-refractivity contribution >= 4 is 0 Å². The molecule has 0 saturated heterocycles. The first-order valence-electron chi connectivity index (χ1n) is 6.46. The first-order valence-corrected chi connectivity index (χ1v) is 6.46. The molecule has 102 valence electrons. The van der Waals surface area contributed by atoms with Crippen molar-refractivity contribution in [3.63, 3.8) is 0 Å². The molecule has 0 saturated carbocycles. The van der Waals surface area contributed by atoms with Crippen LogP contribution in [-0.2, 0) is 6.54 Å². The van der Waals surface area contributed by atoms with Crippen molar-refractivity contribution in [1.29, 1.82) is 0 Å². The number of likely N-dealkylation sites (N-methyl/N-ethyl adjacent to an activating group) is 2. The maximum absolute atomic E-state index is 13.8. The van der Waals surface area contributed by atoms with Crippen molar-refractivity contribution in [1.82, 2.24) is 10.2 Å². The van der Waals surface area contributed by atoms with E-state index in [0.717, 1.165) is 26.2 Å². The minimum absolute atomic E-state index is 0.198. The van der Waals surface area contributed by atoms with E-state index in [1.54, 1.807) is 19.2 Å². The molecule has 0 spiro atoms. The van der Waals surface area contributed by atoms with Crippen LogP contribution in [0.1, 0.15) is 19.4 Å². The minimum atomic E-state index is -0.198. The second-order valence-corrected chi connectivity index (χ2v) is 4.18. The SMILES string of the molecule is CCNCCN(CC)Cc1ccc(OC)cc1F. The molecular weight excluding hydrogens is 231 g/mol. The number of hydrogen-bond acceptors (Lipinski definition) is 3. The molecule has 0 bridgehead atoms. The fraction of sp³-hybridized carbons (Fsp3) is 0.571. The lowest BCUT2D eigenvalue weighted by atomic mass is 10.2. The number of nitrogens with one attached hydrogen (secondary N) is 1. The summed E-state index contributed by atoms with van der Waals surface area (Å²) in [6.07, 6.45) is 0. The highest BCUT2D eigenvalue weighted by Gasteiger charge is 2.08. The van der Waals surface area contributed by atoms with Gasteiger partial charge < -0.3 is 10.1 Å². The molecular formula is C14H23FN2O. The number of hydrogen-bond donors (Lipinski definition) is 1. The smallest absolute Gasteiger partial charge is 0.131 e. The second kappa shape index (κ2) is 8.06. The molecule has 3 nitrogen and oxygen atoms in total. The average Bonchev–Trinajstić information content (AvgIpc) is 2.39. The van der Waals surface area contributed by atoms with Crippen molar-refractivity contribution in [2.75, 3.05) is 33.3 Å². The van der Waals surface area contributed by atoms with Gasteiger partial charge in [0, 0.05) is 31.3 Å². The molecule has 1 N–H and O–H groups in total. The zero-order chi connectivity index (χ0) is 13.4. The third-order valence-corrected chi connectivity index (χ3v) is 2.96. The Hall–Kier alpha value is -1.13. The van der Waals surface area contributed by atoms with Crippen LogP contribution in [-0.4, -0.2) is 38.2 Å². The Morgan fingerprint density at radius 1 is 1.33 bits per heavy atom. The molecule has 0 aliphatic heterocycles. The van der Waals surface area contributed by atoms with E-state index in [0.29, 0.717) is 17.9 Å². The van der Waals surface area contributed by atoms with Crippen molar-refractivity contribution in [2.45, 2.75) is 20.4 Å². The van der Waals surface area contributed by atoms with Crippen LogP contribution in [0.2, 0.25) is 0 Å². The van der Waals surface area contributed by atoms with Crippen molar-refractivity contribution in [3.8, 4) is 5.75 Å². The highest BCUT2D eigenvalue weighted by atomic mass is 19.1. The topological polar surface area (TPSA) is 24.5 Å². The zero-order valence-corrected chi connectivity index (χ0v) is 11.5. The number of halogens is 1. The van der Waals surface area contributed by atoms with Gasteiger partial charge in [-0.25, -0.2) is 4.39 Å². The fourth-order valence-corrected chi connectivity index (χ4v) is 1.79. The first kappa shape index (κ1) is 14.9. The highest BCUT2D eigenvalue weighted by Crippen LogP contribution is 2.17. The molecule has 0 unspecified atom stereocenters. The summed E-state index contributed by atoms with van der Waals surface area (Å²) < 4.78 is 18.8. The number of nitrogens with zero attached hydrogens (tertiary/aromatic N) is 1. The van der Waals surface area contributed by atoms with Crippen LogP contribution in [0.5, 0.6) is 5.75 Å². The normalized spacial score (nSPS) is 10.9. The van der Waals surface area contributed by atoms with Crippen LogP contribution in [0.25, 0.3) is 0 Å². The van der Waals surface area contributed by atoms with Crippen LogP contribution in [0.15, 0.2) is 18.2 Å². The number of benzene rings is 1. The van der Waals surface area contributed by atoms with Gasteiger partial charge in [-0.1, -0.05) is 19.9 Å². The molecule has 0 atom stereocenters. The van der Waals surface area contributed by atoms with Gasteiger partial charge in [0.15, 0.2) is 0 Å². The molecule has 1 aromatic carbocycles. The summed E-state index contributed by atoms with van der Waals surface area (Å²) in [5, 5.41) is 3.28. The van der Waals surface area contributed by atoms with Gasteiger partial charge in [0.1, 0.15) is 11.6 Å². The Labute approximate surface area is 109 Å². The molecule has 18 heavy (non-hydrogen) atoms. The summed E-state index contributed by atoms with van der Waals surface area (Å²) in [6, 6.07) is 5.04. The maximum atomic E-state index is 13.8. The molecule has 0 aliphatic carbocycles. The van der Waals surface area contributed by atoms with Crippen LogP contribution < -0.4 is 10.1 Å². The average molecular weight is 254 g/mol. The molecule has 1 rings (SSSR count). The summed E-state index contributed by atoms with van der Waals surface area (Å²) in [6.45, 7) is 8.55. The molecule has 0 fully saturated rings. The highest BCUT2D eigenvalue weighted by molar-refractivity contribution is 5.28. The van der Waals surface area contributed by atoms with E-state index in [9.17, 15) is 4.39 Å². The van der Waals surface area contributed by atoms with E-state index < -0.39 is 0 Å². The molecule has 4 heteroatoms. The third kappa shape index (κ3) is 4.63. The van der Waals surface area contributed by atoms with Crippen molar-refractivity contribution in [3.05, 3.63) is 29.6 Å². The van der Waals surface area contributed by atoms with Crippen molar-refractivity contribution in [2.24, 2.45) is 0 Å². The Bertz CT molecular complexity index is 358. The predicted molar refractivity (Wildman–Crippen MR) is 72.4 cm³/mol. The van der Waals surface area contributed by atoms with Gasteiger partial charge in [0.2, 0.25) is 0 Å². The van der Waals surface area contributed by atoms with Gasteiger partial charge >= 0.3 is 0 Å². The van der Waals surface area contributed by atoms with Crippen LogP contribution >= 0.6 is 0 Å². The van der Waals surface area contributed by atoms with E-state index in [4.69, 9.17) is 4.74 Å². The van der Waals surface area contributed by atoms with E-state index >= 15 is 0 Å². The van der Waals surface area contributed by atoms with Gasteiger partial charge in [-0.15, -0.1) is 0 Å². The van der Waals surface area contributed by atoms with Crippen LogP contribution in [0.3, 0.4) is 0 Å². The first-order chi connectivity index (χ1) is 8.71. The van der Waals surface area contributed by atoms with E-state index in [2.05, 4.69) is 24.1 Å². The third-order valence-electron chi connectivity index (χ3n) is 2.96. The lowest BCUT2D eigenvalue weighted by molar-refractivity contribution is 0.275. The van der Waals surface area contributed by atoms with Gasteiger partial charge in [-0.2, -0.15) is 0 Å². The zero-order valence-electron chi connectivity index (χ0n) is 11.5. The lowest BCUT2D eigenvalue weighted by Gasteiger charge is -2.21. The Balaban J connectivity index is 2.58. The molecule has 0 amide bonds. The van der Waals surface area contributed by atoms with E-state index in [1.807, 2.05) is 0 Å². The molecule has 0 aliphatic rings. The largest absolute Gasteiger partial charge is 0.497 e. The Morgan fingerprint density at radius 2 is 2.11 bits per heavy atom. The minimum Gasteiger partial charge on any atom is -0.497 e. The monoisotopic (exact) mass is 254 g/mol. The summed E-state index contributed by atoms with van der Waals surface area (Å²) in [5.74, 6) is 0.364. The molecule has 1 aromatic rings. The van der Waals surface area contributed by atoms with Crippen LogP contribution in [0.4, 0.5) is 4.39 Å². The van der Waals surface area contributed by atoms with Gasteiger partial charge in [-0.3, -0.25) is 4.90 Å². The quantitative estimate of drug-likeness (QED) is 0.720. The second-order valence-electron chi connectivity index (χ2n) is 4.18. The number of methoxy groups -OCH3 is 1. The number of rotatable bonds is 8. The summed E-state index contributed by atoms with van der Waals surface area (Å²) in [7, 11) is 1.54. The fourth-order valence-electron chi connectivity index (χ4n) is 1.79. The summed E-state index contributed by atoms with van der Waals surface area (Å²) in [5.41, 5.74) is 0.717. The van der Waals surface area contributed by atoms with Crippen LogP contribution in [0, 0.1) is 5.82 Å². The predicted octanol–water partition coefficient (Wildman–Crippen LogP) is 2.27. The molecule has 0 radical (unpaired) electrons. The van der Waals surface area contributed by atoms with Gasteiger partial charge in [0.05, 0.1) is 7.11 Å². The standard InChI is InChI=1S/C14H23FN2O/c1-4-16-8-9-17(5-2)11-12-6-7-13(18-3)10-14(12)15/h6-7,10,16H,4-5,8-9,11H2,1-3H3. The van der Waals surface area contributed by atoms with Crippen molar-refractivity contribution < 1.29 is 9.13 Å². The molecule has 0 heterocycles. The lowest BCUT2D eigenvalue weighted by Crippen LogP contribution is -2.31. The molecule has 0 aromatic heterocycles. The number of ether oxygens (including phenoxy) is 1. The Morgan fingerprint density at radius 3 is 2.67 bits per heavy atom. The summed E-state index contributed by atoms with van der Waals surface area (Å²) >= 11 is 0. The maximum Gasteiger partial charge on any atom is 0.131 e. The van der Waals surface area contributed by atoms with E-state index in [-0.39, 0.29) is 5.82 Å². The van der Waals surface area contributed by atoms with E-state index in [1.165, 1.54) is 6.07 Å². The van der Waals surface area contributed by atoms with Gasteiger partial charge in [-0.05, 0) is 19.2 Å². The van der Waals surface area contributed by atoms with Gasteiger partial charge in [0.25, 0.3) is 0 Å². The summed E-state index contributed by atoms with van der Waals surface area (Å²) in [4.78, 5) is 2.22. The Kier molecular flexibility index (Phi) is 6.68.